The van der Waals surface area contributed by atoms with Crippen LogP contribution < -0.4 is 0 Å². The zero-order chi connectivity index (χ0) is 15.5. The largest absolute Gasteiger partial charge is 0.360 e. The maximum atomic E-state index is 13.1. The van der Waals surface area contributed by atoms with E-state index in [0.29, 0.717) is 17.7 Å². The lowest BCUT2D eigenvalue weighted by molar-refractivity contribution is 0.0649. The Balaban J connectivity index is 1.83. The molecule has 0 N–H and O–H groups in total. The summed E-state index contributed by atoms with van der Waals surface area (Å²) in [5.41, 5.74) is 1.69. The van der Waals surface area contributed by atoms with Gasteiger partial charge in [0.1, 0.15) is 5.76 Å². The monoisotopic (exact) mass is 304 g/mol. The van der Waals surface area contributed by atoms with Crippen LogP contribution in [0.2, 0.25) is 0 Å². The average Bonchev–Trinajstić information content (AvgIpc) is 2.80. The number of amides is 1. The van der Waals surface area contributed by atoms with Gasteiger partial charge in [0.2, 0.25) is 0 Å². The number of aromatic nitrogens is 1. The summed E-state index contributed by atoms with van der Waals surface area (Å²) >= 11 is 0. The molecule has 0 unspecified atom stereocenters. The third kappa shape index (κ3) is 3.21. The highest BCUT2D eigenvalue weighted by Gasteiger charge is 2.32. The zero-order valence-corrected chi connectivity index (χ0v) is 13.9. The highest BCUT2D eigenvalue weighted by Crippen LogP contribution is 2.28. The van der Waals surface area contributed by atoms with Crippen molar-refractivity contribution in [1.29, 1.82) is 0 Å². The van der Waals surface area contributed by atoms with E-state index in [-0.39, 0.29) is 5.91 Å². The van der Waals surface area contributed by atoms with Gasteiger partial charge >= 0.3 is 0 Å². The van der Waals surface area contributed by atoms with Crippen LogP contribution in [0.1, 0.15) is 80.6 Å². The predicted molar refractivity (Wildman–Crippen MR) is 85.9 cm³/mol. The van der Waals surface area contributed by atoms with E-state index in [0.717, 1.165) is 62.8 Å². The lowest BCUT2D eigenvalue weighted by Crippen LogP contribution is -2.41. The summed E-state index contributed by atoms with van der Waals surface area (Å²) in [7, 11) is 0. The Morgan fingerprint density at radius 2 is 2.05 bits per heavy atom. The second-order valence-corrected chi connectivity index (χ2v) is 7.27. The van der Waals surface area contributed by atoms with Crippen molar-refractivity contribution in [2.24, 2.45) is 5.92 Å². The van der Waals surface area contributed by atoms with Crippen molar-refractivity contribution in [1.82, 2.24) is 10.1 Å². The second-order valence-electron chi connectivity index (χ2n) is 7.27. The van der Waals surface area contributed by atoms with E-state index in [4.69, 9.17) is 4.52 Å². The number of aryl methyl sites for hydroxylation is 1. The van der Waals surface area contributed by atoms with Crippen LogP contribution >= 0.6 is 0 Å². The molecular formula is C18H28N2O2. The molecule has 4 heteroatoms. The Hall–Kier alpha value is -1.32. The van der Waals surface area contributed by atoms with Crippen LogP contribution in [0.15, 0.2) is 4.52 Å². The van der Waals surface area contributed by atoms with Crippen molar-refractivity contribution in [3.8, 4) is 0 Å². The Bertz CT molecular complexity index is 521. The van der Waals surface area contributed by atoms with Crippen molar-refractivity contribution in [2.75, 3.05) is 6.54 Å². The van der Waals surface area contributed by atoms with Crippen molar-refractivity contribution in [3.63, 3.8) is 0 Å². The van der Waals surface area contributed by atoms with Crippen LogP contribution in [0, 0.1) is 5.92 Å². The molecule has 1 fully saturated rings. The number of hydrogen-bond donors (Lipinski definition) is 0. The topological polar surface area (TPSA) is 46.3 Å². The fourth-order valence-electron chi connectivity index (χ4n) is 3.92. The third-order valence-electron chi connectivity index (χ3n) is 5.03. The van der Waals surface area contributed by atoms with Gasteiger partial charge in [0.15, 0.2) is 5.69 Å². The lowest BCUT2D eigenvalue weighted by Gasteiger charge is -2.31. The quantitative estimate of drug-likeness (QED) is 0.848. The molecule has 0 radical (unpaired) electrons. The van der Waals surface area contributed by atoms with Gasteiger partial charge in [0, 0.05) is 24.6 Å². The summed E-state index contributed by atoms with van der Waals surface area (Å²) in [6, 6.07) is 0.367. The molecule has 1 atom stereocenters. The number of fused-ring (bicyclic) bond motifs is 1. The maximum Gasteiger partial charge on any atom is 0.276 e. The molecule has 1 aliphatic carbocycles. The van der Waals surface area contributed by atoms with Crippen LogP contribution in [-0.4, -0.2) is 28.6 Å². The fraction of sp³-hybridized carbons (Fsp3) is 0.778. The molecule has 3 rings (SSSR count). The summed E-state index contributed by atoms with van der Waals surface area (Å²) in [6.45, 7) is 5.36. The summed E-state index contributed by atoms with van der Waals surface area (Å²) < 4.78 is 5.45. The van der Waals surface area contributed by atoms with Gasteiger partial charge in [-0.25, -0.2) is 0 Å². The first-order chi connectivity index (χ1) is 10.7. The molecule has 0 aromatic carbocycles. The standard InChI is InChI=1S/C18H28N2O2/c1-13(2)12-14-8-4-3-7-11-20(14)18(21)17-15-9-5-6-10-16(15)22-19-17/h13-14H,3-12H2,1-2H3/t14-/m1/s1. The van der Waals surface area contributed by atoms with Crippen molar-refractivity contribution >= 4 is 5.91 Å². The van der Waals surface area contributed by atoms with Gasteiger partial charge < -0.3 is 9.42 Å². The fourth-order valence-corrected chi connectivity index (χ4v) is 3.92. The lowest BCUT2D eigenvalue weighted by atomic mass is 9.95. The molecule has 1 aromatic rings. The van der Waals surface area contributed by atoms with E-state index < -0.39 is 0 Å². The minimum Gasteiger partial charge on any atom is -0.360 e. The molecule has 2 aliphatic rings. The molecule has 122 valence electrons. The van der Waals surface area contributed by atoms with Gasteiger partial charge in [-0.2, -0.15) is 0 Å². The molecule has 1 amide bonds. The molecule has 0 saturated carbocycles. The van der Waals surface area contributed by atoms with Crippen molar-refractivity contribution in [3.05, 3.63) is 17.0 Å². The molecular weight excluding hydrogens is 276 g/mol. The van der Waals surface area contributed by atoms with Crippen LogP contribution in [0.3, 0.4) is 0 Å². The minimum atomic E-state index is 0.111. The second kappa shape index (κ2) is 6.84. The number of likely N-dealkylation sites (tertiary alicyclic amines) is 1. The number of rotatable bonds is 3. The first-order valence-electron chi connectivity index (χ1n) is 8.95. The molecule has 0 spiro atoms. The minimum absolute atomic E-state index is 0.111. The molecule has 1 aliphatic heterocycles. The smallest absolute Gasteiger partial charge is 0.276 e. The Morgan fingerprint density at radius 3 is 2.86 bits per heavy atom. The van der Waals surface area contributed by atoms with Gasteiger partial charge in [-0.05, 0) is 44.4 Å². The highest BCUT2D eigenvalue weighted by molar-refractivity contribution is 5.94. The highest BCUT2D eigenvalue weighted by atomic mass is 16.5. The van der Waals surface area contributed by atoms with E-state index in [1.165, 1.54) is 12.8 Å². The maximum absolute atomic E-state index is 13.1. The summed E-state index contributed by atoms with van der Waals surface area (Å²) in [5, 5.41) is 4.15. The Kier molecular flexibility index (Phi) is 4.84. The summed E-state index contributed by atoms with van der Waals surface area (Å²) in [5.74, 6) is 1.67. The van der Waals surface area contributed by atoms with Gasteiger partial charge in [-0.15, -0.1) is 0 Å². The van der Waals surface area contributed by atoms with Crippen LogP contribution in [0.4, 0.5) is 0 Å². The van der Waals surface area contributed by atoms with Gasteiger partial charge in [-0.1, -0.05) is 31.8 Å². The van der Waals surface area contributed by atoms with Crippen LogP contribution in [0.25, 0.3) is 0 Å². The zero-order valence-electron chi connectivity index (χ0n) is 13.9. The van der Waals surface area contributed by atoms with Crippen molar-refractivity contribution < 1.29 is 9.32 Å². The van der Waals surface area contributed by atoms with Gasteiger partial charge in [0.05, 0.1) is 0 Å². The molecule has 22 heavy (non-hydrogen) atoms. The molecule has 1 aromatic heterocycles. The SMILES string of the molecule is CC(C)C[C@H]1CCCCCN1C(=O)c1noc2c1CCCC2. The molecule has 0 bridgehead atoms. The summed E-state index contributed by atoms with van der Waals surface area (Å²) in [4.78, 5) is 15.2. The normalized spacial score (nSPS) is 22.5. The Labute approximate surface area is 133 Å². The molecule has 2 heterocycles. The average molecular weight is 304 g/mol. The summed E-state index contributed by atoms with van der Waals surface area (Å²) in [6.07, 6.45) is 9.97. The van der Waals surface area contributed by atoms with Crippen LogP contribution in [0.5, 0.6) is 0 Å². The number of nitrogens with zero attached hydrogens (tertiary/aromatic N) is 2. The van der Waals surface area contributed by atoms with E-state index in [9.17, 15) is 4.79 Å². The Morgan fingerprint density at radius 1 is 1.23 bits per heavy atom. The number of carbonyl (C=O) groups is 1. The van der Waals surface area contributed by atoms with Crippen molar-refractivity contribution in [2.45, 2.75) is 77.7 Å². The van der Waals surface area contributed by atoms with E-state index >= 15 is 0 Å². The number of hydrogen-bond acceptors (Lipinski definition) is 3. The van der Waals surface area contributed by atoms with Gasteiger partial charge in [-0.3, -0.25) is 4.79 Å². The van der Waals surface area contributed by atoms with E-state index in [2.05, 4.69) is 23.9 Å². The first kappa shape index (κ1) is 15.6. The van der Waals surface area contributed by atoms with Gasteiger partial charge in [0.25, 0.3) is 5.91 Å². The third-order valence-corrected chi connectivity index (χ3v) is 5.03. The molecule has 4 nitrogen and oxygen atoms in total. The van der Waals surface area contributed by atoms with E-state index in [1.807, 2.05) is 0 Å². The van der Waals surface area contributed by atoms with Crippen LogP contribution in [-0.2, 0) is 12.8 Å². The first-order valence-corrected chi connectivity index (χ1v) is 8.95. The molecule has 1 saturated heterocycles. The van der Waals surface area contributed by atoms with E-state index in [1.54, 1.807) is 0 Å². The predicted octanol–water partition coefficient (Wildman–Crippen LogP) is 3.98. The number of carbonyl (C=O) groups excluding carboxylic acids is 1.